The van der Waals surface area contributed by atoms with Crippen LogP contribution in [0.25, 0.3) is 17.3 Å². The molecule has 5 nitrogen and oxygen atoms in total. The maximum absolute atomic E-state index is 6.32. The Labute approximate surface area is 182 Å². The fourth-order valence-electron chi connectivity index (χ4n) is 3.36. The van der Waals surface area contributed by atoms with Gasteiger partial charge >= 0.3 is 0 Å². The van der Waals surface area contributed by atoms with Crippen LogP contribution in [0.5, 0.6) is 5.88 Å². The van der Waals surface area contributed by atoms with Gasteiger partial charge in [-0.15, -0.1) is 10.2 Å². The molecule has 1 aliphatic heterocycles. The van der Waals surface area contributed by atoms with Gasteiger partial charge in [-0.3, -0.25) is 0 Å². The molecule has 4 rings (SSSR count). The van der Waals surface area contributed by atoms with Crippen LogP contribution in [0.3, 0.4) is 0 Å². The fourth-order valence-corrected chi connectivity index (χ4v) is 3.86. The van der Waals surface area contributed by atoms with Gasteiger partial charge in [-0.25, -0.2) is 0 Å². The highest BCUT2D eigenvalue weighted by Gasteiger charge is 2.25. The molecule has 1 aromatic heterocycles. The summed E-state index contributed by atoms with van der Waals surface area (Å²) < 4.78 is 6.32. The molecular formula is C24H26N4OS. The molecule has 0 bridgehead atoms. The quantitative estimate of drug-likeness (QED) is 0.512. The van der Waals surface area contributed by atoms with Crippen LogP contribution >= 0.6 is 11.8 Å². The van der Waals surface area contributed by atoms with Gasteiger partial charge < -0.3 is 10.1 Å². The van der Waals surface area contributed by atoms with E-state index in [2.05, 4.69) is 78.5 Å². The Bertz CT molecular complexity index is 1060. The zero-order valence-corrected chi connectivity index (χ0v) is 18.5. The lowest BCUT2D eigenvalue weighted by molar-refractivity contribution is 0.255. The van der Waals surface area contributed by atoms with E-state index in [0.717, 1.165) is 28.1 Å². The zero-order valence-electron chi connectivity index (χ0n) is 17.7. The molecule has 30 heavy (non-hydrogen) atoms. The molecular weight excluding hydrogens is 392 g/mol. The molecule has 1 N–H and O–H groups in total. The molecule has 0 spiro atoms. The Morgan fingerprint density at radius 1 is 1.13 bits per heavy atom. The highest BCUT2D eigenvalue weighted by molar-refractivity contribution is 7.99. The molecule has 3 aromatic rings. The van der Waals surface area contributed by atoms with Gasteiger partial charge in [-0.1, -0.05) is 81.1 Å². The van der Waals surface area contributed by atoms with Crippen LogP contribution in [0.4, 0.5) is 5.69 Å². The summed E-state index contributed by atoms with van der Waals surface area (Å²) in [5, 5.41) is 12.8. The number of thioether (sulfide) groups is 1. The van der Waals surface area contributed by atoms with Gasteiger partial charge in [0, 0.05) is 11.3 Å². The number of nitrogens with one attached hydrogen (secondary N) is 1. The summed E-state index contributed by atoms with van der Waals surface area (Å²) in [6.07, 6.45) is 1.79. The average molecular weight is 419 g/mol. The van der Waals surface area contributed by atoms with Crippen LogP contribution in [-0.2, 0) is 0 Å². The van der Waals surface area contributed by atoms with Gasteiger partial charge in [-0.2, -0.15) is 4.98 Å². The molecule has 0 saturated heterocycles. The molecule has 0 aliphatic carbocycles. The SMILES string of the molecule is CCSc1nnc2c(n1)O[C@@H](/C(C)=C/c1ccc(C(C)C)cc1)Nc1ccccc1-2. The Hall–Kier alpha value is -2.86. The first kappa shape index (κ1) is 20.4. The van der Waals surface area contributed by atoms with Crippen molar-refractivity contribution < 1.29 is 4.74 Å². The van der Waals surface area contributed by atoms with Gasteiger partial charge in [0.2, 0.25) is 11.0 Å². The van der Waals surface area contributed by atoms with E-state index in [-0.39, 0.29) is 6.23 Å². The van der Waals surface area contributed by atoms with Crippen molar-refractivity contribution in [3.05, 3.63) is 65.2 Å². The lowest BCUT2D eigenvalue weighted by Crippen LogP contribution is -2.27. The number of rotatable bonds is 5. The summed E-state index contributed by atoms with van der Waals surface area (Å²) in [5.41, 5.74) is 6.09. The van der Waals surface area contributed by atoms with Crippen LogP contribution < -0.4 is 10.1 Å². The number of fused-ring (bicyclic) bond motifs is 3. The van der Waals surface area contributed by atoms with Crippen molar-refractivity contribution in [1.82, 2.24) is 15.2 Å². The first-order chi connectivity index (χ1) is 14.5. The number of benzene rings is 2. The molecule has 6 heteroatoms. The number of nitrogens with zero attached hydrogens (tertiary/aromatic N) is 3. The van der Waals surface area contributed by atoms with Gasteiger partial charge in [0.1, 0.15) is 0 Å². The van der Waals surface area contributed by atoms with Crippen molar-refractivity contribution in [2.75, 3.05) is 11.1 Å². The fraction of sp³-hybridized carbons (Fsp3) is 0.292. The Kier molecular flexibility index (Phi) is 6.04. The van der Waals surface area contributed by atoms with E-state index in [1.807, 2.05) is 24.3 Å². The number of hydrogen-bond donors (Lipinski definition) is 1. The molecule has 0 fully saturated rings. The predicted molar refractivity (Wildman–Crippen MR) is 124 cm³/mol. The second-order valence-corrected chi connectivity index (χ2v) is 8.81. The standard InChI is InChI=1S/C24H26N4OS/c1-5-30-24-26-23-21(27-28-24)19-8-6-7-9-20(19)25-22(29-23)16(4)14-17-10-12-18(13-11-17)15(2)3/h6-15,22,25H,5H2,1-4H3/b16-14+/t22-/m0/s1. The van der Waals surface area contributed by atoms with Crippen LogP contribution in [0.2, 0.25) is 0 Å². The van der Waals surface area contributed by atoms with Crippen molar-refractivity contribution >= 4 is 23.5 Å². The van der Waals surface area contributed by atoms with Crippen LogP contribution in [0, 0.1) is 0 Å². The maximum atomic E-state index is 6.32. The summed E-state index contributed by atoms with van der Waals surface area (Å²) in [6.45, 7) is 8.54. The first-order valence-corrected chi connectivity index (χ1v) is 11.2. The van der Waals surface area contributed by atoms with Gasteiger partial charge in [-0.05, 0) is 41.4 Å². The molecule has 154 valence electrons. The second kappa shape index (κ2) is 8.88. The Morgan fingerprint density at radius 3 is 2.63 bits per heavy atom. The number of ether oxygens (including phenoxy) is 1. The molecule has 0 amide bonds. The van der Waals surface area contributed by atoms with Crippen molar-refractivity contribution in [3.8, 4) is 17.1 Å². The Morgan fingerprint density at radius 2 is 1.90 bits per heavy atom. The molecule has 0 radical (unpaired) electrons. The second-order valence-electron chi connectivity index (χ2n) is 7.58. The van der Waals surface area contributed by atoms with Crippen LogP contribution in [0.15, 0.2) is 59.3 Å². The summed E-state index contributed by atoms with van der Waals surface area (Å²) in [5.74, 6) is 1.90. The van der Waals surface area contributed by atoms with E-state index < -0.39 is 0 Å². The third-order valence-electron chi connectivity index (χ3n) is 5.02. The third-order valence-corrected chi connectivity index (χ3v) is 5.74. The molecule has 0 saturated carbocycles. The van der Waals surface area contributed by atoms with E-state index in [4.69, 9.17) is 4.74 Å². The van der Waals surface area contributed by atoms with E-state index in [1.165, 1.54) is 5.56 Å². The molecule has 0 unspecified atom stereocenters. The Balaban J connectivity index is 1.70. The minimum Gasteiger partial charge on any atom is -0.448 e. The van der Waals surface area contributed by atoms with Crippen molar-refractivity contribution in [1.29, 1.82) is 0 Å². The van der Waals surface area contributed by atoms with Gasteiger partial charge in [0.25, 0.3) is 0 Å². The van der Waals surface area contributed by atoms with Crippen molar-refractivity contribution in [2.24, 2.45) is 0 Å². The van der Waals surface area contributed by atoms with Gasteiger partial charge in [0.15, 0.2) is 11.9 Å². The summed E-state index contributed by atoms with van der Waals surface area (Å²) in [6, 6.07) is 16.7. The summed E-state index contributed by atoms with van der Waals surface area (Å²) in [7, 11) is 0. The average Bonchev–Trinajstić information content (AvgIpc) is 2.91. The maximum Gasteiger partial charge on any atom is 0.247 e. The molecule has 2 heterocycles. The van der Waals surface area contributed by atoms with Crippen molar-refractivity contribution in [2.45, 2.75) is 45.0 Å². The van der Waals surface area contributed by atoms with Crippen LogP contribution in [-0.4, -0.2) is 27.2 Å². The normalized spacial score (nSPS) is 15.6. The van der Waals surface area contributed by atoms with E-state index in [0.29, 0.717) is 22.6 Å². The van der Waals surface area contributed by atoms with Crippen LogP contribution in [0.1, 0.15) is 44.7 Å². The third kappa shape index (κ3) is 4.33. The number of aromatic nitrogens is 3. The molecule has 1 aliphatic rings. The molecule has 2 aromatic carbocycles. The minimum absolute atomic E-state index is 0.353. The van der Waals surface area contributed by atoms with E-state index >= 15 is 0 Å². The minimum atomic E-state index is -0.353. The first-order valence-electron chi connectivity index (χ1n) is 10.2. The number of hydrogen-bond acceptors (Lipinski definition) is 6. The van der Waals surface area contributed by atoms with E-state index in [1.54, 1.807) is 11.8 Å². The monoisotopic (exact) mass is 418 g/mol. The number of para-hydroxylation sites is 1. The largest absolute Gasteiger partial charge is 0.448 e. The number of anilines is 1. The van der Waals surface area contributed by atoms with E-state index in [9.17, 15) is 0 Å². The zero-order chi connectivity index (χ0) is 21.1. The summed E-state index contributed by atoms with van der Waals surface area (Å²) >= 11 is 1.55. The highest BCUT2D eigenvalue weighted by Crippen LogP contribution is 2.37. The summed E-state index contributed by atoms with van der Waals surface area (Å²) in [4.78, 5) is 4.63. The lowest BCUT2D eigenvalue weighted by Gasteiger charge is -2.20. The van der Waals surface area contributed by atoms with Crippen molar-refractivity contribution in [3.63, 3.8) is 0 Å². The van der Waals surface area contributed by atoms with Gasteiger partial charge in [0.05, 0.1) is 0 Å². The lowest BCUT2D eigenvalue weighted by atomic mass is 10.0. The smallest absolute Gasteiger partial charge is 0.247 e. The topological polar surface area (TPSA) is 59.9 Å². The highest BCUT2D eigenvalue weighted by atomic mass is 32.2. The predicted octanol–water partition coefficient (Wildman–Crippen LogP) is 6.01. The molecule has 1 atom stereocenters.